The molecule has 0 aliphatic carbocycles. The Morgan fingerprint density at radius 2 is 2.03 bits per heavy atom. The molecular weight excluding hydrogens is 458 g/mol. The third kappa shape index (κ3) is 5.03. The first-order chi connectivity index (χ1) is 17.3. The average Bonchev–Trinajstić information content (AvgIpc) is 3.58. The molecule has 1 amide bonds. The topological polar surface area (TPSA) is 116 Å². The Kier molecular flexibility index (Phi) is 6.85. The molecule has 5 heterocycles. The summed E-state index contributed by atoms with van der Waals surface area (Å²) in [6.07, 6.45) is 7.33. The Morgan fingerprint density at radius 1 is 1.19 bits per heavy atom. The van der Waals surface area contributed by atoms with Gasteiger partial charge in [0.15, 0.2) is 5.82 Å². The molecule has 0 saturated carbocycles. The highest BCUT2D eigenvalue weighted by Crippen LogP contribution is 2.27. The molecule has 11 nitrogen and oxygen atoms in total. The number of amides is 1. The molecule has 2 saturated heterocycles. The normalized spacial score (nSPS) is 23.2. The third-order valence-electron chi connectivity index (χ3n) is 7.19. The first kappa shape index (κ1) is 24.5. The molecule has 2 aliphatic heterocycles. The average molecular weight is 496 g/mol. The van der Waals surface area contributed by atoms with Crippen LogP contribution in [0.5, 0.6) is 0 Å². The van der Waals surface area contributed by atoms with Gasteiger partial charge in [0.05, 0.1) is 12.4 Å². The van der Waals surface area contributed by atoms with Crippen LogP contribution in [-0.4, -0.2) is 83.9 Å². The number of nitrogens with zero attached hydrogens (tertiary/aromatic N) is 7. The van der Waals surface area contributed by atoms with E-state index in [1.54, 1.807) is 10.8 Å². The summed E-state index contributed by atoms with van der Waals surface area (Å²) in [4.78, 5) is 26.9. The molecular formula is C25H37N9O2. The van der Waals surface area contributed by atoms with Crippen LogP contribution in [0.2, 0.25) is 0 Å². The van der Waals surface area contributed by atoms with Crippen LogP contribution in [0.3, 0.4) is 0 Å². The van der Waals surface area contributed by atoms with Gasteiger partial charge in [0.1, 0.15) is 17.4 Å². The summed E-state index contributed by atoms with van der Waals surface area (Å²) >= 11 is 0. The van der Waals surface area contributed by atoms with Crippen LogP contribution >= 0.6 is 0 Å². The second kappa shape index (κ2) is 10.1. The van der Waals surface area contributed by atoms with Gasteiger partial charge in [-0.3, -0.25) is 9.69 Å². The molecule has 3 atom stereocenters. The molecule has 194 valence electrons. The number of anilines is 3. The van der Waals surface area contributed by atoms with Crippen molar-refractivity contribution in [1.82, 2.24) is 34.4 Å². The van der Waals surface area contributed by atoms with Gasteiger partial charge in [0, 0.05) is 50.0 Å². The fourth-order valence-corrected chi connectivity index (χ4v) is 5.12. The van der Waals surface area contributed by atoms with Crippen LogP contribution in [0, 0.1) is 0 Å². The minimum atomic E-state index is -0.624. The summed E-state index contributed by atoms with van der Waals surface area (Å²) in [6, 6.07) is 4.15. The van der Waals surface area contributed by atoms with Crippen molar-refractivity contribution >= 4 is 29.0 Å². The molecule has 3 N–H and O–H groups in total. The van der Waals surface area contributed by atoms with Crippen molar-refractivity contribution in [2.45, 2.75) is 77.2 Å². The molecule has 3 aromatic heterocycles. The maximum Gasteiger partial charge on any atom is 0.246 e. The standard InChI is InChI=1S/C25H37N9O2/c1-16(2)31-9-5-7-18(12-31)27-24(36)21-11-19(35)13-33(21)25-29-23(20-8-6-10-34(20)30-25)28-22-14-32(15-26-22)17(3)4/h6,8,10,14-19,21,35H,5,7,9,11-13H2,1-4H3,(H,27,36)(H,28,29,30)/t18?,19-,21-/m0/s1. The lowest BCUT2D eigenvalue weighted by atomic mass is 10.0. The number of hydrogen-bond acceptors (Lipinski definition) is 8. The number of aromatic nitrogens is 5. The molecule has 5 rings (SSSR count). The summed E-state index contributed by atoms with van der Waals surface area (Å²) in [5.41, 5.74) is 0.801. The molecule has 0 bridgehead atoms. The maximum absolute atomic E-state index is 13.4. The van der Waals surface area contributed by atoms with Crippen molar-refractivity contribution < 1.29 is 9.90 Å². The fourth-order valence-electron chi connectivity index (χ4n) is 5.12. The molecule has 3 aromatic rings. The number of imidazole rings is 1. The van der Waals surface area contributed by atoms with Gasteiger partial charge < -0.3 is 25.2 Å². The van der Waals surface area contributed by atoms with Crippen molar-refractivity contribution in [2.24, 2.45) is 0 Å². The zero-order valence-electron chi connectivity index (χ0n) is 21.5. The highest BCUT2D eigenvalue weighted by atomic mass is 16.3. The Balaban J connectivity index is 1.38. The van der Waals surface area contributed by atoms with Crippen LogP contribution < -0.4 is 15.5 Å². The molecule has 0 aromatic carbocycles. The molecule has 1 unspecified atom stereocenters. The number of piperidine rings is 1. The van der Waals surface area contributed by atoms with Crippen molar-refractivity contribution in [2.75, 3.05) is 29.9 Å². The number of rotatable bonds is 7. The minimum absolute atomic E-state index is 0.0801. The number of likely N-dealkylation sites (tertiary alicyclic amines) is 1. The number of β-amino-alcohol motifs (C(OH)–C–C–N with tert-alkyl or cyclic N) is 1. The van der Waals surface area contributed by atoms with Crippen LogP contribution in [0.25, 0.3) is 5.52 Å². The zero-order valence-corrected chi connectivity index (χ0v) is 21.5. The lowest BCUT2D eigenvalue weighted by molar-refractivity contribution is -0.123. The Bertz CT molecular complexity index is 1200. The van der Waals surface area contributed by atoms with Gasteiger partial charge in [-0.2, -0.15) is 4.98 Å². The lowest BCUT2D eigenvalue weighted by Crippen LogP contribution is -2.53. The Labute approximate surface area is 211 Å². The van der Waals surface area contributed by atoms with Gasteiger partial charge in [0.25, 0.3) is 0 Å². The smallest absolute Gasteiger partial charge is 0.246 e. The van der Waals surface area contributed by atoms with Crippen LogP contribution in [0.1, 0.15) is 53.0 Å². The van der Waals surface area contributed by atoms with Crippen LogP contribution in [0.15, 0.2) is 30.9 Å². The number of carbonyl (C=O) groups excluding carboxylic acids is 1. The van der Waals surface area contributed by atoms with Crippen LogP contribution in [-0.2, 0) is 4.79 Å². The number of fused-ring (bicyclic) bond motifs is 1. The van der Waals surface area contributed by atoms with Crippen molar-refractivity contribution in [1.29, 1.82) is 0 Å². The number of nitrogens with one attached hydrogen (secondary N) is 2. The summed E-state index contributed by atoms with van der Waals surface area (Å²) in [5, 5.41) is 21.7. The van der Waals surface area contributed by atoms with E-state index in [0.29, 0.717) is 42.6 Å². The second-order valence-electron chi connectivity index (χ2n) is 10.5. The third-order valence-corrected chi connectivity index (χ3v) is 7.19. The molecule has 2 fully saturated rings. The van der Waals surface area contributed by atoms with E-state index in [-0.39, 0.29) is 11.9 Å². The van der Waals surface area contributed by atoms with E-state index >= 15 is 0 Å². The fraction of sp³-hybridized carbons (Fsp3) is 0.600. The highest BCUT2D eigenvalue weighted by molar-refractivity contribution is 5.86. The molecule has 36 heavy (non-hydrogen) atoms. The largest absolute Gasteiger partial charge is 0.391 e. The second-order valence-corrected chi connectivity index (χ2v) is 10.5. The van der Waals surface area contributed by atoms with Gasteiger partial charge in [-0.05, 0) is 59.2 Å². The predicted molar refractivity (Wildman–Crippen MR) is 139 cm³/mol. The van der Waals surface area contributed by atoms with E-state index < -0.39 is 12.1 Å². The SMILES string of the molecule is CC(C)N1CCCC(NC(=O)[C@@H]2C[C@H](O)CN2c2nc(Nc3cn(C(C)C)cn3)c3cccn3n2)C1. The molecule has 2 aliphatic rings. The monoisotopic (exact) mass is 495 g/mol. The number of hydrogen-bond donors (Lipinski definition) is 3. The zero-order chi connectivity index (χ0) is 25.4. The summed E-state index contributed by atoms with van der Waals surface area (Å²) < 4.78 is 3.76. The van der Waals surface area contributed by atoms with E-state index in [9.17, 15) is 9.90 Å². The highest BCUT2D eigenvalue weighted by Gasteiger charge is 2.39. The van der Waals surface area contributed by atoms with Gasteiger partial charge >= 0.3 is 0 Å². The molecule has 0 radical (unpaired) electrons. The summed E-state index contributed by atoms with van der Waals surface area (Å²) in [7, 11) is 0. The van der Waals surface area contributed by atoms with E-state index in [2.05, 4.69) is 53.3 Å². The van der Waals surface area contributed by atoms with Crippen molar-refractivity contribution in [3.05, 3.63) is 30.9 Å². The van der Waals surface area contributed by atoms with Gasteiger partial charge in [-0.15, -0.1) is 5.10 Å². The Hall–Kier alpha value is -3.18. The van der Waals surface area contributed by atoms with E-state index in [4.69, 9.17) is 4.98 Å². The number of aliphatic hydroxyl groups excluding tert-OH is 1. The first-order valence-electron chi connectivity index (χ1n) is 12.9. The lowest BCUT2D eigenvalue weighted by Gasteiger charge is -2.36. The van der Waals surface area contributed by atoms with Crippen LogP contribution in [0.4, 0.5) is 17.6 Å². The van der Waals surface area contributed by atoms with Crippen molar-refractivity contribution in [3.63, 3.8) is 0 Å². The summed E-state index contributed by atoms with van der Waals surface area (Å²) in [6.45, 7) is 10.8. The molecule has 11 heteroatoms. The van der Waals surface area contributed by atoms with Gasteiger partial charge in [0.2, 0.25) is 11.9 Å². The summed E-state index contributed by atoms with van der Waals surface area (Å²) in [5.74, 6) is 1.59. The predicted octanol–water partition coefficient (Wildman–Crippen LogP) is 2.18. The maximum atomic E-state index is 13.4. The quantitative estimate of drug-likeness (QED) is 0.457. The van der Waals surface area contributed by atoms with E-state index in [1.165, 1.54) is 0 Å². The first-order valence-corrected chi connectivity index (χ1v) is 12.9. The van der Waals surface area contributed by atoms with E-state index in [0.717, 1.165) is 31.4 Å². The van der Waals surface area contributed by atoms with Gasteiger partial charge in [-0.1, -0.05) is 0 Å². The van der Waals surface area contributed by atoms with Gasteiger partial charge in [-0.25, -0.2) is 9.50 Å². The molecule has 0 spiro atoms. The number of carbonyl (C=O) groups is 1. The minimum Gasteiger partial charge on any atom is -0.391 e. The van der Waals surface area contributed by atoms with E-state index in [1.807, 2.05) is 34.0 Å². The van der Waals surface area contributed by atoms with Crippen molar-refractivity contribution in [3.8, 4) is 0 Å². The Morgan fingerprint density at radius 3 is 2.78 bits per heavy atom. The number of aliphatic hydroxyl groups is 1.